The molecule has 1 aliphatic carbocycles. The van der Waals surface area contributed by atoms with Gasteiger partial charge in [0.1, 0.15) is 0 Å². The monoisotopic (exact) mass is 211 g/mol. The van der Waals surface area contributed by atoms with Crippen molar-refractivity contribution in [2.45, 2.75) is 58.8 Å². The largest absolute Gasteiger partial charge is 0.356 e. The molecule has 1 fully saturated rings. The molecule has 0 saturated heterocycles. The summed E-state index contributed by atoms with van der Waals surface area (Å²) in [7, 11) is 0. The second-order valence-electron chi connectivity index (χ2n) is 4.83. The SMILES string of the molecule is CCCCCNC(=O)C(C)C1CCCC1. The Morgan fingerprint density at radius 3 is 2.60 bits per heavy atom. The number of hydrogen-bond donors (Lipinski definition) is 1. The molecule has 0 spiro atoms. The lowest BCUT2D eigenvalue weighted by molar-refractivity contribution is -0.126. The van der Waals surface area contributed by atoms with Gasteiger partial charge in [0.25, 0.3) is 0 Å². The fraction of sp³-hybridized carbons (Fsp3) is 0.923. The van der Waals surface area contributed by atoms with Gasteiger partial charge in [-0.3, -0.25) is 4.79 Å². The Labute approximate surface area is 93.8 Å². The first-order valence-electron chi connectivity index (χ1n) is 6.53. The van der Waals surface area contributed by atoms with E-state index in [1.807, 2.05) is 0 Å². The molecule has 1 amide bonds. The predicted octanol–water partition coefficient (Wildman–Crippen LogP) is 3.12. The lowest BCUT2D eigenvalue weighted by atomic mass is 9.92. The molecule has 1 aliphatic rings. The maximum Gasteiger partial charge on any atom is 0.223 e. The Bertz CT molecular complexity index is 185. The molecule has 1 rings (SSSR count). The second kappa shape index (κ2) is 6.86. The summed E-state index contributed by atoms with van der Waals surface area (Å²) in [6.07, 6.45) is 8.70. The summed E-state index contributed by atoms with van der Waals surface area (Å²) in [6.45, 7) is 5.14. The standard InChI is InChI=1S/C13H25NO/c1-3-4-7-10-14-13(15)11(2)12-8-5-6-9-12/h11-12H,3-10H2,1-2H3,(H,14,15). The van der Waals surface area contributed by atoms with Gasteiger partial charge in [0.2, 0.25) is 5.91 Å². The normalized spacial score (nSPS) is 19.1. The van der Waals surface area contributed by atoms with Crippen molar-refractivity contribution in [2.75, 3.05) is 6.54 Å². The maximum atomic E-state index is 11.8. The summed E-state index contributed by atoms with van der Waals surface area (Å²) in [5, 5.41) is 3.06. The number of nitrogens with one attached hydrogen (secondary N) is 1. The van der Waals surface area contributed by atoms with Gasteiger partial charge in [-0.05, 0) is 25.2 Å². The molecule has 1 saturated carbocycles. The lowest BCUT2D eigenvalue weighted by Gasteiger charge is -2.18. The van der Waals surface area contributed by atoms with Crippen molar-refractivity contribution >= 4 is 5.91 Å². The molecular formula is C13H25NO. The quantitative estimate of drug-likeness (QED) is 0.672. The van der Waals surface area contributed by atoms with Crippen LogP contribution in [0.15, 0.2) is 0 Å². The highest BCUT2D eigenvalue weighted by Crippen LogP contribution is 2.31. The van der Waals surface area contributed by atoms with Crippen molar-refractivity contribution in [1.82, 2.24) is 5.32 Å². The van der Waals surface area contributed by atoms with E-state index in [2.05, 4.69) is 19.2 Å². The van der Waals surface area contributed by atoms with Crippen LogP contribution >= 0.6 is 0 Å². The summed E-state index contributed by atoms with van der Waals surface area (Å²) in [4.78, 5) is 11.8. The molecule has 0 radical (unpaired) electrons. The van der Waals surface area contributed by atoms with E-state index in [0.29, 0.717) is 5.92 Å². The van der Waals surface area contributed by atoms with Crippen molar-refractivity contribution < 1.29 is 4.79 Å². The molecule has 0 bridgehead atoms. The summed E-state index contributed by atoms with van der Waals surface area (Å²) < 4.78 is 0. The van der Waals surface area contributed by atoms with Gasteiger partial charge in [0, 0.05) is 12.5 Å². The van der Waals surface area contributed by atoms with E-state index in [0.717, 1.165) is 13.0 Å². The fourth-order valence-corrected chi connectivity index (χ4v) is 2.42. The highest BCUT2D eigenvalue weighted by atomic mass is 16.1. The summed E-state index contributed by atoms with van der Waals surface area (Å²) in [5.41, 5.74) is 0. The number of carbonyl (C=O) groups is 1. The zero-order valence-electron chi connectivity index (χ0n) is 10.2. The van der Waals surface area contributed by atoms with Crippen LogP contribution in [0.4, 0.5) is 0 Å². The van der Waals surface area contributed by atoms with Crippen LogP contribution in [0.3, 0.4) is 0 Å². The number of carbonyl (C=O) groups excluding carboxylic acids is 1. The Morgan fingerprint density at radius 1 is 1.33 bits per heavy atom. The van der Waals surface area contributed by atoms with E-state index in [1.54, 1.807) is 0 Å². The molecule has 0 aromatic carbocycles. The molecule has 0 aliphatic heterocycles. The molecule has 0 aromatic heterocycles. The first-order valence-corrected chi connectivity index (χ1v) is 6.53. The predicted molar refractivity (Wildman–Crippen MR) is 63.7 cm³/mol. The smallest absolute Gasteiger partial charge is 0.223 e. The number of rotatable bonds is 6. The molecule has 0 aromatic rings. The van der Waals surface area contributed by atoms with Crippen molar-refractivity contribution in [3.63, 3.8) is 0 Å². The van der Waals surface area contributed by atoms with E-state index in [1.165, 1.54) is 38.5 Å². The van der Waals surface area contributed by atoms with Gasteiger partial charge in [-0.1, -0.05) is 39.5 Å². The van der Waals surface area contributed by atoms with Crippen molar-refractivity contribution in [2.24, 2.45) is 11.8 Å². The zero-order valence-corrected chi connectivity index (χ0v) is 10.2. The topological polar surface area (TPSA) is 29.1 Å². The third-order valence-corrected chi connectivity index (χ3v) is 3.60. The van der Waals surface area contributed by atoms with Gasteiger partial charge < -0.3 is 5.32 Å². The third-order valence-electron chi connectivity index (χ3n) is 3.60. The molecule has 0 heterocycles. The van der Waals surface area contributed by atoms with Crippen LogP contribution < -0.4 is 5.32 Å². The average molecular weight is 211 g/mol. The Morgan fingerprint density at radius 2 is 2.00 bits per heavy atom. The van der Waals surface area contributed by atoms with Crippen LogP contribution in [0.25, 0.3) is 0 Å². The Hall–Kier alpha value is -0.530. The van der Waals surface area contributed by atoms with E-state index < -0.39 is 0 Å². The van der Waals surface area contributed by atoms with E-state index in [9.17, 15) is 4.79 Å². The van der Waals surface area contributed by atoms with Gasteiger partial charge in [-0.25, -0.2) is 0 Å². The Balaban J connectivity index is 2.14. The van der Waals surface area contributed by atoms with Crippen LogP contribution in [0.2, 0.25) is 0 Å². The van der Waals surface area contributed by atoms with Crippen LogP contribution in [-0.4, -0.2) is 12.5 Å². The average Bonchev–Trinajstić information content (AvgIpc) is 2.76. The van der Waals surface area contributed by atoms with Gasteiger partial charge in [-0.2, -0.15) is 0 Å². The molecule has 2 heteroatoms. The number of amides is 1. The minimum Gasteiger partial charge on any atom is -0.356 e. The fourth-order valence-electron chi connectivity index (χ4n) is 2.42. The van der Waals surface area contributed by atoms with Crippen LogP contribution in [0, 0.1) is 11.8 Å². The van der Waals surface area contributed by atoms with E-state index in [-0.39, 0.29) is 11.8 Å². The molecular weight excluding hydrogens is 186 g/mol. The highest BCUT2D eigenvalue weighted by Gasteiger charge is 2.26. The second-order valence-corrected chi connectivity index (χ2v) is 4.83. The Kier molecular flexibility index (Phi) is 5.74. The van der Waals surface area contributed by atoms with Gasteiger partial charge in [0.15, 0.2) is 0 Å². The number of unbranched alkanes of at least 4 members (excludes halogenated alkanes) is 2. The van der Waals surface area contributed by atoms with Crippen LogP contribution in [0.5, 0.6) is 0 Å². The van der Waals surface area contributed by atoms with Crippen molar-refractivity contribution in [3.05, 3.63) is 0 Å². The lowest BCUT2D eigenvalue weighted by Crippen LogP contribution is -2.33. The molecule has 1 atom stereocenters. The van der Waals surface area contributed by atoms with Gasteiger partial charge >= 0.3 is 0 Å². The molecule has 1 N–H and O–H groups in total. The minimum absolute atomic E-state index is 0.231. The highest BCUT2D eigenvalue weighted by molar-refractivity contribution is 5.78. The molecule has 1 unspecified atom stereocenters. The van der Waals surface area contributed by atoms with E-state index >= 15 is 0 Å². The van der Waals surface area contributed by atoms with Crippen LogP contribution in [-0.2, 0) is 4.79 Å². The minimum atomic E-state index is 0.231. The van der Waals surface area contributed by atoms with Crippen LogP contribution in [0.1, 0.15) is 58.8 Å². The maximum absolute atomic E-state index is 11.8. The van der Waals surface area contributed by atoms with Crippen molar-refractivity contribution in [1.29, 1.82) is 0 Å². The summed E-state index contributed by atoms with van der Waals surface area (Å²) in [5.74, 6) is 1.16. The van der Waals surface area contributed by atoms with Crippen molar-refractivity contribution in [3.8, 4) is 0 Å². The third kappa shape index (κ3) is 4.23. The summed E-state index contributed by atoms with van der Waals surface area (Å²) in [6, 6.07) is 0. The molecule has 15 heavy (non-hydrogen) atoms. The zero-order chi connectivity index (χ0) is 11.1. The van der Waals surface area contributed by atoms with Gasteiger partial charge in [0.05, 0.1) is 0 Å². The van der Waals surface area contributed by atoms with Gasteiger partial charge in [-0.15, -0.1) is 0 Å². The molecule has 88 valence electrons. The molecule has 2 nitrogen and oxygen atoms in total. The number of hydrogen-bond acceptors (Lipinski definition) is 1. The first kappa shape index (κ1) is 12.5. The summed E-state index contributed by atoms with van der Waals surface area (Å²) >= 11 is 0. The van der Waals surface area contributed by atoms with E-state index in [4.69, 9.17) is 0 Å². The first-order chi connectivity index (χ1) is 7.25.